The highest BCUT2D eigenvalue weighted by molar-refractivity contribution is 7.13. The highest BCUT2D eigenvalue weighted by Gasteiger charge is 2.12. The van der Waals surface area contributed by atoms with Crippen molar-refractivity contribution < 1.29 is 9.90 Å². The summed E-state index contributed by atoms with van der Waals surface area (Å²) in [6, 6.07) is 13.1. The number of benzene rings is 1. The minimum absolute atomic E-state index is 0.116. The number of aromatic amines is 1. The van der Waals surface area contributed by atoms with Gasteiger partial charge in [-0.25, -0.2) is 0 Å². The number of H-pyrrole nitrogens is 1. The lowest BCUT2D eigenvalue weighted by Crippen LogP contribution is -2.12. The molecule has 6 heteroatoms. The van der Waals surface area contributed by atoms with Crippen LogP contribution in [0.15, 0.2) is 47.8 Å². The number of carbonyl (C=O) groups excluding carboxylic acids is 1. The molecule has 0 unspecified atom stereocenters. The molecule has 0 bridgehead atoms. The number of aliphatic hydroxyl groups is 1. The quantitative estimate of drug-likeness (QED) is 0.677. The van der Waals surface area contributed by atoms with Crippen LogP contribution in [0.1, 0.15) is 16.1 Å². The predicted octanol–water partition coefficient (Wildman–Crippen LogP) is 2.93. The number of anilines is 1. The van der Waals surface area contributed by atoms with Crippen LogP contribution in [-0.4, -0.2) is 27.8 Å². The molecule has 0 aliphatic carbocycles. The second-order valence-electron chi connectivity index (χ2n) is 4.77. The normalized spacial score (nSPS) is 10.6. The smallest absolute Gasteiger partial charge is 0.276 e. The van der Waals surface area contributed by atoms with E-state index < -0.39 is 0 Å². The zero-order valence-electron chi connectivity index (χ0n) is 11.7. The average Bonchev–Trinajstić information content (AvgIpc) is 3.20. The molecule has 0 radical (unpaired) electrons. The Morgan fingerprint density at radius 3 is 2.77 bits per heavy atom. The molecule has 3 rings (SSSR count). The van der Waals surface area contributed by atoms with Crippen molar-refractivity contribution in [2.75, 3.05) is 11.9 Å². The van der Waals surface area contributed by atoms with E-state index in [1.54, 1.807) is 17.4 Å². The third-order valence-corrected chi connectivity index (χ3v) is 4.11. The molecule has 5 nitrogen and oxygen atoms in total. The van der Waals surface area contributed by atoms with E-state index in [1.165, 1.54) is 0 Å². The lowest BCUT2D eigenvalue weighted by molar-refractivity contribution is 0.102. The van der Waals surface area contributed by atoms with Gasteiger partial charge in [0.05, 0.1) is 10.6 Å². The van der Waals surface area contributed by atoms with Crippen LogP contribution in [0.25, 0.3) is 10.6 Å². The lowest BCUT2D eigenvalue weighted by atomic mass is 10.1. The van der Waals surface area contributed by atoms with E-state index in [4.69, 9.17) is 5.11 Å². The van der Waals surface area contributed by atoms with Gasteiger partial charge in [0.25, 0.3) is 5.91 Å². The molecule has 0 saturated heterocycles. The van der Waals surface area contributed by atoms with Crippen LogP contribution in [0.4, 0.5) is 5.69 Å². The summed E-state index contributed by atoms with van der Waals surface area (Å²) in [5.74, 6) is -0.256. The van der Waals surface area contributed by atoms with E-state index >= 15 is 0 Å². The largest absolute Gasteiger partial charge is 0.396 e. The zero-order valence-corrected chi connectivity index (χ0v) is 12.6. The van der Waals surface area contributed by atoms with Gasteiger partial charge in [-0.1, -0.05) is 18.2 Å². The Labute approximate surface area is 131 Å². The maximum Gasteiger partial charge on any atom is 0.276 e. The number of aliphatic hydroxyl groups excluding tert-OH is 1. The van der Waals surface area contributed by atoms with Crippen molar-refractivity contribution in [2.45, 2.75) is 6.42 Å². The number of amides is 1. The van der Waals surface area contributed by atoms with Gasteiger partial charge in [-0.3, -0.25) is 9.89 Å². The molecule has 3 N–H and O–H groups in total. The predicted molar refractivity (Wildman–Crippen MR) is 87.1 cm³/mol. The van der Waals surface area contributed by atoms with Crippen molar-refractivity contribution in [3.63, 3.8) is 0 Å². The van der Waals surface area contributed by atoms with E-state index in [2.05, 4.69) is 15.5 Å². The maximum atomic E-state index is 12.2. The standard InChI is InChI=1S/C16H15N3O2S/c20-8-7-11-3-5-12(6-4-11)17-16(21)14-10-13(18-19-14)15-2-1-9-22-15/h1-6,9-10,20H,7-8H2,(H,17,21)(H,18,19). The Kier molecular flexibility index (Phi) is 4.32. The number of nitrogens with zero attached hydrogens (tertiary/aromatic N) is 1. The van der Waals surface area contributed by atoms with Crippen LogP contribution in [0.2, 0.25) is 0 Å². The van der Waals surface area contributed by atoms with Gasteiger partial charge in [-0.05, 0) is 41.6 Å². The van der Waals surface area contributed by atoms with Crippen LogP contribution in [0.5, 0.6) is 0 Å². The first kappa shape index (κ1) is 14.5. The summed E-state index contributed by atoms with van der Waals surface area (Å²) in [4.78, 5) is 13.2. The van der Waals surface area contributed by atoms with E-state index in [-0.39, 0.29) is 12.5 Å². The number of thiophene rings is 1. The molecule has 0 aliphatic heterocycles. The molecule has 0 spiro atoms. The summed E-state index contributed by atoms with van der Waals surface area (Å²) in [6.07, 6.45) is 0.609. The molecular formula is C16H15N3O2S. The van der Waals surface area contributed by atoms with Crippen molar-refractivity contribution in [3.8, 4) is 10.6 Å². The van der Waals surface area contributed by atoms with Crippen molar-refractivity contribution in [3.05, 3.63) is 59.1 Å². The van der Waals surface area contributed by atoms with E-state index in [0.29, 0.717) is 17.8 Å². The lowest BCUT2D eigenvalue weighted by Gasteiger charge is -2.04. The molecule has 1 aromatic carbocycles. The Morgan fingerprint density at radius 2 is 2.09 bits per heavy atom. The molecule has 3 aromatic rings. The summed E-state index contributed by atoms with van der Waals surface area (Å²) in [7, 11) is 0. The van der Waals surface area contributed by atoms with Gasteiger partial charge in [0.2, 0.25) is 0 Å². The van der Waals surface area contributed by atoms with Gasteiger partial charge in [0, 0.05) is 12.3 Å². The van der Waals surface area contributed by atoms with Gasteiger partial charge in [0.15, 0.2) is 5.69 Å². The highest BCUT2D eigenvalue weighted by atomic mass is 32.1. The van der Waals surface area contributed by atoms with E-state index in [1.807, 2.05) is 41.8 Å². The fraction of sp³-hybridized carbons (Fsp3) is 0.125. The molecule has 0 saturated carbocycles. The van der Waals surface area contributed by atoms with Gasteiger partial charge in [0.1, 0.15) is 0 Å². The minimum atomic E-state index is -0.256. The average molecular weight is 313 g/mol. The number of rotatable bonds is 5. The maximum absolute atomic E-state index is 12.2. The molecule has 2 aromatic heterocycles. The SMILES string of the molecule is O=C(Nc1ccc(CCO)cc1)c1cc(-c2cccs2)[nH]n1. The molecule has 2 heterocycles. The van der Waals surface area contributed by atoms with Crippen molar-refractivity contribution in [1.82, 2.24) is 10.2 Å². The molecule has 0 aliphatic rings. The first-order valence-corrected chi connectivity index (χ1v) is 7.74. The van der Waals surface area contributed by atoms with Crippen LogP contribution in [0, 0.1) is 0 Å². The molecule has 22 heavy (non-hydrogen) atoms. The first-order chi connectivity index (χ1) is 10.8. The third-order valence-electron chi connectivity index (χ3n) is 3.21. The Balaban J connectivity index is 1.69. The van der Waals surface area contributed by atoms with Crippen molar-refractivity contribution in [2.24, 2.45) is 0 Å². The molecule has 0 fully saturated rings. The Hall–Kier alpha value is -2.44. The number of aromatic nitrogens is 2. The third kappa shape index (κ3) is 3.24. The molecule has 0 atom stereocenters. The van der Waals surface area contributed by atoms with Gasteiger partial charge >= 0.3 is 0 Å². The summed E-state index contributed by atoms with van der Waals surface area (Å²) >= 11 is 1.59. The molecule has 112 valence electrons. The van der Waals surface area contributed by atoms with Crippen LogP contribution in [-0.2, 0) is 6.42 Å². The van der Waals surface area contributed by atoms with E-state index in [9.17, 15) is 4.79 Å². The second-order valence-corrected chi connectivity index (χ2v) is 5.72. The minimum Gasteiger partial charge on any atom is -0.396 e. The van der Waals surface area contributed by atoms with Crippen LogP contribution < -0.4 is 5.32 Å². The van der Waals surface area contributed by atoms with Gasteiger partial charge < -0.3 is 10.4 Å². The summed E-state index contributed by atoms with van der Waals surface area (Å²) in [5, 5.41) is 20.6. The van der Waals surface area contributed by atoms with Gasteiger partial charge in [-0.2, -0.15) is 5.10 Å². The number of hydrogen-bond acceptors (Lipinski definition) is 4. The molecule has 1 amide bonds. The summed E-state index contributed by atoms with van der Waals surface area (Å²) in [6.45, 7) is 0.116. The van der Waals surface area contributed by atoms with Crippen LogP contribution >= 0.6 is 11.3 Å². The highest BCUT2D eigenvalue weighted by Crippen LogP contribution is 2.23. The number of nitrogens with one attached hydrogen (secondary N) is 2. The Bertz CT molecular complexity index is 748. The Morgan fingerprint density at radius 1 is 1.27 bits per heavy atom. The monoisotopic (exact) mass is 313 g/mol. The van der Waals surface area contributed by atoms with Crippen LogP contribution in [0.3, 0.4) is 0 Å². The number of hydrogen-bond donors (Lipinski definition) is 3. The fourth-order valence-electron chi connectivity index (χ4n) is 2.08. The topological polar surface area (TPSA) is 78.0 Å². The first-order valence-electron chi connectivity index (χ1n) is 6.87. The van der Waals surface area contributed by atoms with E-state index in [0.717, 1.165) is 16.1 Å². The van der Waals surface area contributed by atoms with Crippen molar-refractivity contribution in [1.29, 1.82) is 0 Å². The number of carbonyl (C=O) groups is 1. The second kappa shape index (κ2) is 6.55. The molecular weight excluding hydrogens is 298 g/mol. The van der Waals surface area contributed by atoms with Gasteiger partial charge in [-0.15, -0.1) is 11.3 Å². The van der Waals surface area contributed by atoms with Crippen molar-refractivity contribution >= 4 is 22.9 Å². The zero-order chi connectivity index (χ0) is 15.4. The fourth-order valence-corrected chi connectivity index (χ4v) is 2.77. The summed E-state index contributed by atoms with van der Waals surface area (Å²) in [5.41, 5.74) is 2.91. The summed E-state index contributed by atoms with van der Waals surface area (Å²) < 4.78 is 0.